The number of hydrogen-bond donors (Lipinski definition) is 0. The van der Waals surface area contributed by atoms with E-state index in [1.54, 1.807) is 6.92 Å². The molecule has 0 aliphatic rings. The van der Waals surface area contributed by atoms with E-state index in [-0.39, 0.29) is 24.0 Å². The average Bonchev–Trinajstić information content (AvgIpc) is 2.49. The Labute approximate surface area is 147 Å². The summed E-state index contributed by atoms with van der Waals surface area (Å²) in [5.41, 5.74) is 0. The zero-order valence-corrected chi connectivity index (χ0v) is 15.7. The molecule has 0 spiro atoms. The summed E-state index contributed by atoms with van der Waals surface area (Å²) in [6, 6.07) is 0. The molecule has 0 aromatic rings. The van der Waals surface area contributed by atoms with Crippen molar-refractivity contribution >= 4 is 17.1 Å². The Morgan fingerprint density at radius 3 is 1.80 bits per heavy atom. The number of carbonyl (C=O) groups is 1. The van der Waals surface area contributed by atoms with Gasteiger partial charge in [0.1, 0.15) is 36.3 Å². The standard InChI is InChI=1S/C10H14F6O2.C5H13OS/c1-2-3-4-5-6-8(11,12)10(15,16)9(13,14)7(17)18;1-4-5-6-7(2)3/h2-6H2,1H3,(H,17,18);4-5H2,1-3H3/q;+1/p-1. The number of aliphatic carboxylic acids is 1. The summed E-state index contributed by atoms with van der Waals surface area (Å²) in [6.45, 7) is 4.78. The number of hydrogen-bond acceptors (Lipinski definition) is 3. The highest BCUT2D eigenvalue weighted by Crippen LogP contribution is 2.47. The van der Waals surface area contributed by atoms with Crippen molar-refractivity contribution in [1.29, 1.82) is 0 Å². The molecule has 25 heavy (non-hydrogen) atoms. The van der Waals surface area contributed by atoms with Crippen molar-refractivity contribution in [2.75, 3.05) is 19.1 Å². The quantitative estimate of drug-likeness (QED) is 0.301. The number of carboxylic acid groups (broad SMARTS) is 1. The van der Waals surface area contributed by atoms with Crippen LogP contribution in [0.25, 0.3) is 0 Å². The van der Waals surface area contributed by atoms with Gasteiger partial charge in [-0.1, -0.05) is 33.1 Å². The van der Waals surface area contributed by atoms with Crippen LogP contribution in [0.3, 0.4) is 0 Å². The second-order valence-electron chi connectivity index (χ2n) is 5.51. The molecule has 152 valence electrons. The van der Waals surface area contributed by atoms with Crippen LogP contribution in [0.5, 0.6) is 0 Å². The number of rotatable bonds is 11. The SMILES string of the molecule is CCCCCCC(F)(F)C(F)(F)C(F)(F)C(=O)[O-].CCCO[S+](C)C. The van der Waals surface area contributed by atoms with Gasteiger partial charge in [-0.2, -0.15) is 30.5 Å². The van der Waals surface area contributed by atoms with Crippen molar-refractivity contribution in [2.24, 2.45) is 0 Å². The largest absolute Gasteiger partial charge is 0.544 e. The van der Waals surface area contributed by atoms with Crippen LogP contribution in [-0.4, -0.2) is 42.9 Å². The monoisotopic (exact) mass is 400 g/mol. The summed E-state index contributed by atoms with van der Waals surface area (Å²) in [4.78, 5) is 9.82. The van der Waals surface area contributed by atoms with Gasteiger partial charge in [0.25, 0.3) is 0 Å². The van der Waals surface area contributed by atoms with Crippen LogP contribution in [0.15, 0.2) is 0 Å². The number of alkyl halides is 6. The Morgan fingerprint density at radius 1 is 0.960 bits per heavy atom. The lowest BCUT2D eigenvalue weighted by Crippen LogP contribution is -2.61. The van der Waals surface area contributed by atoms with Crippen LogP contribution < -0.4 is 5.11 Å². The van der Waals surface area contributed by atoms with Crippen molar-refractivity contribution in [1.82, 2.24) is 0 Å². The lowest BCUT2D eigenvalue weighted by Gasteiger charge is -2.33. The first-order chi connectivity index (χ1) is 11.3. The molecule has 0 heterocycles. The molecule has 0 aromatic heterocycles. The summed E-state index contributed by atoms with van der Waals surface area (Å²) in [7, 11) is 0. The van der Waals surface area contributed by atoms with E-state index in [2.05, 4.69) is 19.4 Å². The first-order valence-electron chi connectivity index (χ1n) is 7.83. The van der Waals surface area contributed by atoms with Crippen molar-refractivity contribution in [3.63, 3.8) is 0 Å². The van der Waals surface area contributed by atoms with Gasteiger partial charge < -0.3 is 9.90 Å². The topological polar surface area (TPSA) is 49.4 Å². The van der Waals surface area contributed by atoms with Gasteiger partial charge in [-0.05, 0) is 12.8 Å². The lowest BCUT2D eigenvalue weighted by molar-refractivity contribution is -0.370. The first kappa shape index (κ1) is 26.6. The first-order valence-corrected chi connectivity index (χ1v) is 9.80. The van der Waals surface area contributed by atoms with Crippen LogP contribution in [0.1, 0.15) is 52.4 Å². The Bertz CT molecular complexity index is 378. The average molecular weight is 400 g/mol. The van der Waals surface area contributed by atoms with Gasteiger partial charge in [0, 0.05) is 6.42 Å². The fourth-order valence-corrected chi connectivity index (χ4v) is 2.04. The molecule has 0 aliphatic carbocycles. The maximum Gasteiger partial charge on any atom is 0.377 e. The molecule has 3 nitrogen and oxygen atoms in total. The Kier molecular flexibility index (Phi) is 12.6. The summed E-state index contributed by atoms with van der Waals surface area (Å²) >= 11 is 0.185. The van der Waals surface area contributed by atoms with E-state index in [0.717, 1.165) is 13.0 Å². The van der Waals surface area contributed by atoms with Crippen LogP contribution in [0.2, 0.25) is 0 Å². The van der Waals surface area contributed by atoms with Gasteiger partial charge in [0.15, 0.2) is 0 Å². The molecule has 0 aliphatic heterocycles. The number of carbonyl (C=O) groups excluding carboxylic acids is 1. The number of unbranched alkanes of at least 4 members (excludes halogenated alkanes) is 3. The van der Waals surface area contributed by atoms with Crippen LogP contribution in [-0.2, 0) is 20.2 Å². The number of carboxylic acids is 1. The van der Waals surface area contributed by atoms with Crippen LogP contribution >= 0.6 is 0 Å². The van der Waals surface area contributed by atoms with E-state index in [0.29, 0.717) is 12.8 Å². The van der Waals surface area contributed by atoms with Crippen molar-refractivity contribution in [3.05, 3.63) is 0 Å². The van der Waals surface area contributed by atoms with Crippen LogP contribution in [0.4, 0.5) is 26.3 Å². The highest BCUT2D eigenvalue weighted by molar-refractivity contribution is 7.90. The molecular weight excluding hydrogens is 374 g/mol. The minimum absolute atomic E-state index is 0.180. The zero-order chi connectivity index (χ0) is 20.3. The summed E-state index contributed by atoms with van der Waals surface area (Å²) < 4.78 is 81.8. The predicted octanol–water partition coefficient (Wildman–Crippen LogP) is 3.82. The van der Waals surface area contributed by atoms with Gasteiger partial charge in [-0.3, -0.25) is 0 Å². The summed E-state index contributed by atoms with van der Waals surface area (Å²) in [5, 5.41) is 9.82. The predicted molar refractivity (Wildman–Crippen MR) is 84.1 cm³/mol. The van der Waals surface area contributed by atoms with E-state index in [4.69, 9.17) is 4.18 Å². The third-order valence-corrected chi connectivity index (χ3v) is 3.62. The fraction of sp³-hybridized carbons (Fsp3) is 0.933. The smallest absolute Gasteiger partial charge is 0.377 e. The molecule has 0 saturated heterocycles. The molecule has 0 atom stereocenters. The van der Waals surface area contributed by atoms with Gasteiger partial charge in [0.2, 0.25) is 0 Å². The zero-order valence-electron chi connectivity index (χ0n) is 14.9. The number of halogens is 6. The molecule has 0 fully saturated rings. The van der Waals surface area contributed by atoms with Crippen molar-refractivity contribution in [2.45, 2.75) is 70.1 Å². The molecule has 0 amide bonds. The summed E-state index contributed by atoms with van der Waals surface area (Å²) in [5.74, 6) is -20.5. The van der Waals surface area contributed by atoms with E-state index in [1.165, 1.54) is 0 Å². The highest BCUT2D eigenvalue weighted by Gasteiger charge is 2.71. The Hall–Kier alpha value is -0.640. The lowest BCUT2D eigenvalue weighted by atomic mass is 9.98. The van der Waals surface area contributed by atoms with E-state index in [9.17, 15) is 36.2 Å². The molecule has 0 radical (unpaired) electrons. The normalized spacial score (nSPS) is 12.8. The highest BCUT2D eigenvalue weighted by atomic mass is 32.2. The molecule has 10 heteroatoms. The van der Waals surface area contributed by atoms with E-state index >= 15 is 0 Å². The van der Waals surface area contributed by atoms with E-state index in [1.807, 2.05) is 0 Å². The van der Waals surface area contributed by atoms with Gasteiger partial charge in [-0.15, -0.1) is 0 Å². The van der Waals surface area contributed by atoms with Crippen LogP contribution in [0, 0.1) is 0 Å². The minimum atomic E-state index is -5.97. The van der Waals surface area contributed by atoms with Gasteiger partial charge in [-0.25, -0.2) is 0 Å². The van der Waals surface area contributed by atoms with Crippen molar-refractivity contribution in [3.8, 4) is 0 Å². The summed E-state index contributed by atoms with van der Waals surface area (Å²) in [6.07, 6.45) is 4.73. The third kappa shape index (κ3) is 9.03. The second kappa shape index (κ2) is 11.9. The molecular formula is C15H26F6O3S. The molecule has 0 saturated carbocycles. The maximum absolute atomic E-state index is 13.0. The van der Waals surface area contributed by atoms with Crippen molar-refractivity contribution < 1.29 is 40.4 Å². The molecule has 0 bridgehead atoms. The molecule has 0 aromatic carbocycles. The molecule has 0 unspecified atom stereocenters. The minimum Gasteiger partial charge on any atom is -0.544 e. The molecule has 0 rings (SSSR count). The molecule has 0 N–H and O–H groups in total. The Balaban J connectivity index is 0. The van der Waals surface area contributed by atoms with Gasteiger partial charge in [0.05, 0.1) is 0 Å². The Morgan fingerprint density at radius 2 is 1.48 bits per heavy atom. The van der Waals surface area contributed by atoms with E-state index < -0.39 is 30.2 Å². The third-order valence-electron chi connectivity index (χ3n) is 2.98. The fourth-order valence-electron chi connectivity index (χ4n) is 1.54. The second-order valence-corrected chi connectivity index (χ2v) is 7.23. The maximum atomic E-state index is 13.0. The van der Waals surface area contributed by atoms with Gasteiger partial charge >= 0.3 is 17.8 Å².